The summed E-state index contributed by atoms with van der Waals surface area (Å²) in [7, 11) is 1.80. The molecule has 2 rings (SSSR count). The number of anilines is 1. The van der Waals surface area contributed by atoms with Gasteiger partial charge in [-0.25, -0.2) is 14.4 Å². The smallest absolute Gasteiger partial charge is 0.146 e. The van der Waals surface area contributed by atoms with E-state index in [4.69, 9.17) is 5.73 Å². The number of hydrogen-bond donors (Lipinski definition) is 1. The highest BCUT2D eigenvalue weighted by Crippen LogP contribution is 2.25. The fourth-order valence-corrected chi connectivity index (χ4v) is 1.88. The van der Waals surface area contributed by atoms with Crippen molar-refractivity contribution in [2.75, 3.05) is 18.5 Å². The van der Waals surface area contributed by atoms with Gasteiger partial charge in [0.2, 0.25) is 0 Å². The predicted molar refractivity (Wildman–Crippen MR) is 68.6 cm³/mol. The monoisotopic (exact) mass is 246 g/mol. The zero-order chi connectivity index (χ0) is 13.0. The van der Waals surface area contributed by atoms with Crippen LogP contribution in [0.5, 0.6) is 0 Å². The molecular formula is C13H15FN4. The molecule has 94 valence electrons. The Balaban J connectivity index is 2.32. The lowest BCUT2D eigenvalue weighted by atomic mass is 10.1. The van der Waals surface area contributed by atoms with Crippen LogP contribution in [-0.2, 0) is 0 Å². The maximum absolute atomic E-state index is 13.7. The summed E-state index contributed by atoms with van der Waals surface area (Å²) in [6, 6.07) is 8.22. The number of hydrogen-bond acceptors (Lipinski definition) is 4. The van der Waals surface area contributed by atoms with E-state index in [-0.39, 0.29) is 11.9 Å². The van der Waals surface area contributed by atoms with E-state index >= 15 is 0 Å². The van der Waals surface area contributed by atoms with Crippen LogP contribution < -0.4 is 10.6 Å². The molecule has 0 aliphatic carbocycles. The van der Waals surface area contributed by atoms with Crippen LogP contribution in [0.15, 0.2) is 42.9 Å². The topological polar surface area (TPSA) is 55.0 Å². The molecule has 0 saturated heterocycles. The van der Waals surface area contributed by atoms with Gasteiger partial charge < -0.3 is 10.6 Å². The molecule has 1 heterocycles. The van der Waals surface area contributed by atoms with Crippen LogP contribution in [0.4, 0.5) is 10.1 Å². The van der Waals surface area contributed by atoms with E-state index in [1.807, 2.05) is 0 Å². The second-order valence-electron chi connectivity index (χ2n) is 3.95. The average molecular weight is 246 g/mol. The van der Waals surface area contributed by atoms with Gasteiger partial charge in [-0.15, -0.1) is 0 Å². The van der Waals surface area contributed by atoms with E-state index in [0.29, 0.717) is 12.2 Å². The molecule has 1 aromatic carbocycles. The molecule has 2 aromatic rings. The van der Waals surface area contributed by atoms with Crippen LogP contribution in [0.25, 0.3) is 0 Å². The van der Waals surface area contributed by atoms with Gasteiger partial charge in [0, 0.05) is 19.8 Å². The molecule has 0 amide bonds. The second kappa shape index (κ2) is 5.55. The van der Waals surface area contributed by atoms with E-state index in [2.05, 4.69) is 9.97 Å². The van der Waals surface area contributed by atoms with Crippen LogP contribution in [0.1, 0.15) is 11.7 Å². The number of nitrogens with zero attached hydrogens (tertiary/aromatic N) is 3. The normalized spacial score (nSPS) is 12.2. The van der Waals surface area contributed by atoms with Crippen LogP contribution in [0, 0.1) is 5.82 Å². The van der Waals surface area contributed by atoms with Crippen molar-refractivity contribution in [1.82, 2.24) is 9.97 Å². The van der Waals surface area contributed by atoms with Crippen molar-refractivity contribution in [3.63, 3.8) is 0 Å². The SMILES string of the molecule is CN(c1ccccc1F)C(CN)c1ccncn1. The lowest BCUT2D eigenvalue weighted by Gasteiger charge is -2.28. The molecule has 0 saturated carbocycles. The first-order chi connectivity index (χ1) is 8.74. The molecule has 18 heavy (non-hydrogen) atoms. The molecular weight excluding hydrogens is 231 g/mol. The molecule has 0 spiro atoms. The van der Waals surface area contributed by atoms with Gasteiger partial charge in [-0.1, -0.05) is 12.1 Å². The van der Waals surface area contributed by atoms with Crippen molar-refractivity contribution >= 4 is 5.69 Å². The summed E-state index contributed by atoms with van der Waals surface area (Å²) < 4.78 is 13.7. The van der Waals surface area contributed by atoms with Crippen molar-refractivity contribution in [2.45, 2.75) is 6.04 Å². The van der Waals surface area contributed by atoms with Gasteiger partial charge in [-0.2, -0.15) is 0 Å². The maximum atomic E-state index is 13.7. The summed E-state index contributed by atoms with van der Waals surface area (Å²) in [5, 5.41) is 0. The molecule has 0 aliphatic rings. The molecule has 1 unspecified atom stereocenters. The quantitative estimate of drug-likeness (QED) is 0.893. The molecule has 0 fully saturated rings. The van der Waals surface area contributed by atoms with E-state index in [0.717, 1.165) is 5.69 Å². The van der Waals surface area contributed by atoms with Crippen LogP contribution >= 0.6 is 0 Å². The molecule has 4 nitrogen and oxygen atoms in total. The van der Waals surface area contributed by atoms with Gasteiger partial charge in [0.25, 0.3) is 0 Å². The fourth-order valence-electron chi connectivity index (χ4n) is 1.88. The summed E-state index contributed by atoms with van der Waals surface area (Å²) in [6.45, 7) is 0.349. The second-order valence-corrected chi connectivity index (χ2v) is 3.95. The van der Waals surface area contributed by atoms with Crippen LogP contribution in [0.3, 0.4) is 0 Å². The van der Waals surface area contributed by atoms with Gasteiger partial charge in [-0.05, 0) is 18.2 Å². The lowest BCUT2D eigenvalue weighted by Crippen LogP contribution is -2.31. The predicted octanol–water partition coefficient (Wildman–Crippen LogP) is 1.75. The lowest BCUT2D eigenvalue weighted by molar-refractivity contribution is 0.597. The van der Waals surface area contributed by atoms with E-state index in [1.165, 1.54) is 12.4 Å². The van der Waals surface area contributed by atoms with E-state index < -0.39 is 0 Å². The summed E-state index contributed by atoms with van der Waals surface area (Å²) in [5.74, 6) is -0.271. The fraction of sp³-hybridized carbons (Fsp3) is 0.231. The molecule has 2 N–H and O–H groups in total. The highest BCUT2D eigenvalue weighted by atomic mass is 19.1. The Bertz CT molecular complexity index is 503. The van der Waals surface area contributed by atoms with Crippen LogP contribution in [0.2, 0.25) is 0 Å². The van der Waals surface area contributed by atoms with Gasteiger partial charge in [0.15, 0.2) is 0 Å². The Morgan fingerprint density at radius 2 is 2.11 bits per heavy atom. The van der Waals surface area contributed by atoms with E-state index in [1.54, 1.807) is 42.4 Å². The summed E-state index contributed by atoms with van der Waals surface area (Å²) in [6.07, 6.45) is 3.12. The van der Waals surface area contributed by atoms with Gasteiger partial charge >= 0.3 is 0 Å². The number of benzene rings is 1. The van der Waals surface area contributed by atoms with E-state index in [9.17, 15) is 4.39 Å². The minimum Gasteiger partial charge on any atom is -0.362 e. The number of aromatic nitrogens is 2. The first kappa shape index (κ1) is 12.4. The van der Waals surface area contributed by atoms with Gasteiger partial charge in [0.1, 0.15) is 12.1 Å². The number of nitrogens with two attached hydrogens (primary N) is 1. The number of para-hydroxylation sites is 1. The molecule has 5 heteroatoms. The number of halogens is 1. The average Bonchev–Trinajstić information content (AvgIpc) is 2.41. The zero-order valence-electron chi connectivity index (χ0n) is 10.1. The number of rotatable bonds is 4. The van der Waals surface area contributed by atoms with Crippen molar-refractivity contribution in [3.05, 3.63) is 54.4 Å². The van der Waals surface area contributed by atoms with Crippen molar-refractivity contribution < 1.29 is 4.39 Å². The third kappa shape index (κ3) is 2.46. The third-order valence-electron chi connectivity index (χ3n) is 2.87. The summed E-state index contributed by atoms with van der Waals surface area (Å²) in [5.41, 5.74) is 7.05. The summed E-state index contributed by atoms with van der Waals surface area (Å²) >= 11 is 0. The first-order valence-corrected chi connectivity index (χ1v) is 5.67. The maximum Gasteiger partial charge on any atom is 0.146 e. The molecule has 1 aromatic heterocycles. The highest BCUT2D eigenvalue weighted by molar-refractivity contribution is 5.48. The highest BCUT2D eigenvalue weighted by Gasteiger charge is 2.19. The molecule has 0 bridgehead atoms. The van der Waals surface area contributed by atoms with Crippen LogP contribution in [-0.4, -0.2) is 23.6 Å². The largest absolute Gasteiger partial charge is 0.362 e. The standard InChI is InChI=1S/C13H15FN4/c1-18(12-5-3-2-4-10(12)14)13(8-15)11-6-7-16-9-17-11/h2-7,9,13H,8,15H2,1H3. The zero-order valence-corrected chi connectivity index (χ0v) is 10.1. The van der Waals surface area contributed by atoms with Crippen molar-refractivity contribution in [2.24, 2.45) is 5.73 Å². The Kier molecular flexibility index (Phi) is 3.84. The Morgan fingerprint density at radius 1 is 1.33 bits per heavy atom. The minimum atomic E-state index is -0.271. The molecule has 1 atom stereocenters. The van der Waals surface area contributed by atoms with Gasteiger partial charge in [-0.3, -0.25) is 0 Å². The Morgan fingerprint density at radius 3 is 2.72 bits per heavy atom. The minimum absolute atomic E-state index is 0.176. The van der Waals surface area contributed by atoms with Crippen molar-refractivity contribution in [1.29, 1.82) is 0 Å². The summed E-state index contributed by atoms with van der Waals surface area (Å²) in [4.78, 5) is 9.83. The first-order valence-electron chi connectivity index (χ1n) is 5.67. The Hall–Kier alpha value is -2.01. The molecule has 0 radical (unpaired) electrons. The number of likely N-dealkylation sites (N-methyl/N-ethyl adjacent to an activating group) is 1. The Labute approximate surface area is 105 Å². The van der Waals surface area contributed by atoms with Crippen molar-refractivity contribution in [3.8, 4) is 0 Å². The molecule has 0 aliphatic heterocycles. The third-order valence-corrected chi connectivity index (χ3v) is 2.87. The van der Waals surface area contributed by atoms with Gasteiger partial charge in [0.05, 0.1) is 17.4 Å².